The molecule has 3 atom stereocenters. The number of hydrogen-bond donors (Lipinski definition) is 3. The van der Waals surface area contributed by atoms with Crippen molar-refractivity contribution in [2.45, 2.75) is 78.5 Å². The van der Waals surface area contributed by atoms with Crippen molar-refractivity contribution in [2.24, 2.45) is 11.7 Å². The Balaban J connectivity index is 2.52. The number of carbonyl (C=O) groups excluding carboxylic acids is 3. The topological polar surface area (TPSA) is 116 Å². The number of aliphatic hydroxyl groups is 1. The Morgan fingerprint density at radius 3 is 2.07 bits per heavy atom. The molecule has 8 nitrogen and oxygen atoms in total. The van der Waals surface area contributed by atoms with Crippen LogP contribution in [0.4, 0.5) is 8.78 Å². The van der Waals surface area contributed by atoms with Gasteiger partial charge in [-0.25, -0.2) is 8.78 Å². The smallest absolute Gasteiger partial charge is 0.254 e. The van der Waals surface area contributed by atoms with Gasteiger partial charge in [0.25, 0.3) is 11.8 Å². The first-order valence-corrected chi connectivity index (χ1v) is 17.1. The number of nitrogens with one attached hydrogen (secondary N) is 1. The lowest BCUT2D eigenvalue weighted by Gasteiger charge is -2.34. The van der Waals surface area contributed by atoms with E-state index in [2.05, 4.69) is 5.32 Å². The van der Waals surface area contributed by atoms with Gasteiger partial charge in [-0.05, 0) is 92.0 Å². The van der Waals surface area contributed by atoms with Crippen LogP contribution >= 0.6 is 11.8 Å². The number of aliphatic hydroxyl groups excluding tert-OH is 1. The van der Waals surface area contributed by atoms with E-state index in [1.54, 1.807) is 30.0 Å². The second-order valence-corrected chi connectivity index (χ2v) is 13.0. The lowest BCUT2D eigenvalue weighted by molar-refractivity contribution is -0.126. The van der Waals surface area contributed by atoms with Crippen LogP contribution in [-0.4, -0.2) is 89.0 Å². The third kappa shape index (κ3) is 12.0. The predicted octanol–water partition coefficient (Wildman–Crippen LogP) is 4.80. The number of rotatable bonds is 18. The van der Waals surface area contributed by atoms with Crippen molar-refractivity contribution in [1.29, 1.82) is 0 Å². The van der Waals surface area contributed by atoms with Crippen LogP contribution in [0.25, 0.3) is 0 Å². The first kappa shape index (κ1) is 38.2. The van der Waals surface area contributed by atoms with Gasteiger partial charge in [0, 0.05) is 49.4 Å². The van der Waals surface area contributed by atoms with Crippen molar-refractivity contribution in [2.75, 3.05) is 38.2 Å². The van der Waals surface area contributed by atoms with Crippen LogP contribution in [0, 0.1) is 24.5 Å². The van der Waals surface area contributed by atoms with Crippen molar-refractivity contribution in [3.63, 3.8) is 0 Å². The summed E-state index contributed by atoms with van der Waals surface area (Å²) in [6, 6.07) is 6.06. The quantitative estimate of drug-likeness (QED) is 0.214. The highest BCUT2D eigenvalue weighted by Crippen LogP contribution is 2.20. The van der Waals surface area contributed by atoms with Crippen molar-refractivity contribution in [1.82, 2.24) is 15.1 Å². The number of halogens is 2. The molecule has 4 N–H and O–H groups in total. The number of nitrogens with zero attached hydrogens (tertiary/aromatic N) is 2. The van der Waals surface area contributed by atoms with E-state index in [1.165, 1.54) is 16.7 Å². The molecule has 11 heteroatoms. The van der Waals surface area contributed by atoms with E-state index in [-0.39, 0.29) is 41.8 Å². The van der Waals surface area contributed by atoms with E-state index >= 15 is 0 Å². The van der Waals surface area contributed by atoms with Crippen LogP contribution in [0.5, 0.6) is 0 Å². The average Bonchev–Trinajstić information content (AvgIpc) is 2.97. The number of thioether (sulfide) groups is 1. The van der Waals surface area contributed by atoms with E-state index in [0.29, 0.717) is 42.9 Å². The van der Waals surface area contributed by atoms with Crippen LogP contribution in [0.2, 0.25) is 0 Å². The molecule has 0 spiro atoms. The van der Waals surface area contributed by atoms with Crippen molar-refractivity contribution in [3.05, 3.63) is 70.3 Å². The molecule has 0 saturated heterocycles. The minimum atomic E-state index is -1.33. The van der Waals surface area contributed by atoms with E-state index in [4.69, 9.17) is 5.73 Å². The molecular formula is C34H50F2N4O4S. The maximum Gasteiger partial charge on any atom is 0.254 e. The molecule has 0 bridgehead atoms. The Kier molecular flexibility index (Phi) is 16.0. The van der Waals surface area contributed by atoms with Crippen LogP contribution in [0.3, 0.4) is 0 Å². The van der Waals surface area contributed by atoms with Gasteiger partial charge in [-0.1, -0.05) is 27.7 Å². The summed E-state index contributed by atoms with van der Waals surface area (Å²) in [4.78, 5) is 44.4. The molecular weight excluding hydrogens is 598 g/mol. The number of nitrogens with two attached hydrogens (primary N) is 1. The lowest BCUT2D eigenvalue weighted by Crippen LogP contribution is -2.55. The molecule has 0 saturated carbocycles. The van der Waals surface area contributed by atoms with Crippen LogP contribution < -0.4 is 11.1 Å². The lowest BCUT2D eigenvalue weighted by atomic mass is 9.99. The highest BCUT2D eigenvalue weighted by atomic mass is 32.2. The van der Waals surface area contributed by atoms with E-state index in [0.717, 1.165) is 31.0 Å². The summed E-state index contributed by atoms with van der Waals surface area (Å²) in [5.74, 6) is -1.86. The summed E-state index contributed by atoms with van der Waals surface area (Å²) in [6.45, 7) is 11.0. The van der Waals surface area contributed by atoms with Crippen molar-refractivity contribution >= 4 is 29.5 Å². The number of carbonyl (C=O) groups is 3. The summed E-state index contributed by atoms with van der Waals surface area (Å²) in [5.41, 5.74) is 7.85. The summed E-state index contributed by atoms with van der Waals surface area (Å²) < 4.78 is 27.6. The number of amides is 3. The van der Waals surface area contributed by atoms with Gasteiger partial charge in [-0.15, -0.1) is 0 Å². The first-order chi connectivity index (χ1) is 21.3. The van der Waals surface area contributed by atoms with Crippen LogP contribution in [0.1, 0.15) is 78.8 Å². The minimum Gasteiger partial charge on any atom is -0.390 e. The van der Waals surface area contributed by atoms with Crippen molar-refractivity contribution in [3.8, 4) is 0 Å². The van der Waals surface area contributed by atoms with Crippen LogP contribution in [0.15, 0.2) is 36.4 Å². The van der Waals surface area contributed by atoms with E-state index in [9.17, 15) is 28.3 Å². The SMILES string of the molecule is CCCN(CCC)C(=O)c1cc(C)cc(C(=O)N(CC(O)C(N)Cc2cc(F)cc(F)c2)[C@@H](CCSC)C(=O)NCC(C)C)c1. The molecule has 2 aromatic rings. The second kappa shape index (κ2) is 18.8. The number of benzene rings is 2. The van der Waals surface area contributed by atoms with Crippen LogP contribution in [-0.2, 0) is 11.2 Å². The van der Waals surface area contributed by atoms with Gasteiger partial charge in [-0.3, -0.25) is 14.4 Å². The molecule has 45 heavy (non-hydrogen) atoms. The summed E-state index contributed by atoms with van der Waals surface area (Å²) >= 11 is 1.52. The Bertz CT molecular complexity index is 1250. The second-order valence-electron chi connectivity index (χ2n) is 12.0. The molecule has 2 aromatic carbocycles. The average molecular weight is 649 g/mol. The Labute approximate surface area is 271 Å². The largest absolute Gasteiger partial charge is 0.390 e. The molecule has 2 unspecified atom stereocenters. The highest BCUT2D eigenvalue weighted by molar-refractivity contribution is 7.98. The van der Waals surface area contributed by atoms with E-state index < -0.39 is 35.7 Å². The van der Waals surface area contributed by atoms with E-state index in [1.807, 2.05) is 34.0 Å². The predicted molar refractivity (Wildman–Crippen MR) is 177 cm³/mol. The molecule has 0 heterocycles. The zero-order valence-corrected chi connectivity index (χ0v) is 28.3. The summed E-state index contributed by atoms with van der Waals surface area (Å²) in [6.07, 6.45) is 2.41. The molecule has 0 aliphatic heterocycles. The highest BCUT2D eigenvalue weighted by Gasteiger charge is 2.34. The Morgan fingerprint density at radius 1 is 0.956 bits per heavy atom. The minimum absolute atomic E-state index is 0.0549. The van der Waals surface area contributed by atoms with Gasteiger partial charge in [-0.2, -0.15) is 11.8 Å². The Morgan fingerprint density at radius 2 is 1.53 bits per heavy atom. The maximum absolute atomic E-state index is 14.3. The summed E-state index contributed by atoms with van der Waals surface area (Å²) in [5, 5.41) is 14.2. The molecule has 0 aromatic heterocycles. The normalized spacial score (nSPS) is 13.3. The number of aryl methyl sites for hydroxylation is 1. The van der Waals surface area contributed by atoms with Gasteiger partial charge in [0.1, 0.15) is 17.7 Å². The Hall–Kier alpha value is -3.02. The fourth-order valence-electron chi connectivity index (χ4n) is 5.14. The van der Waals surface area contributed by atoms with Gasteiger partial charge < -0.3 is 26.0 Å². The fourth-order valence-corrected chi connectivity index (χ4v) is 5.60. The summed E-state index contributed by atoms with van der Waals surface area (Å²) in [7, 11) is 0. The molecule has 250 valence electrons. The molecule has 0 radical (unpaired) electrons. The van der Waals surface area contributed by atoms with Gasteiger partial charge in [0.15, 0.2) is 0 Å². The third-order valence-corrected chi connectivity index (χ3v) is 7.98. The van der Waals surface area contributed by atoms with Crippen molar-refractivity contribution < 1.29 is 28.3 Å². The third-order valence-electron chi connectivity index (χ3n) is 7.34. The molecule has 2 rings (SSSR count). The molecule has 0 aliphatic carbocycles. The zero-order valence-electron chi connectivity index (χ0n) is 27.4. The fraction of sp³-hybridized carbons (Fsp3) is 0.559. The monoisotopic (exact) mass is 648 g/mol. The number of hydrogen-bond acceptors (Lipinski definition) is 6. The first-order valence-electron chi connectivity index (χ1n) is 15.7. The molecule has 0 fully saturated rings. The molecule has 0 aliphatic rings. The zero-order chi connectivity index (χ0) is 33.7. The molecule has 3 amide bonds. The van der Waals surface area contributed by atoms with Gasteiger partial charge in [0.2, 0.25) is 5.91 Å². The standard InChI is InChI=1S/C34H50F2N4O4S/c1-7-10-39(11-8-2)33(43)25-13-23(5)14-26(18-25)34(44)40(30(9-12-45-6)32(42)38-20-22(3)4)21-31(41)29(37)17-24-15-27(35)19-28(36)16-24/h13-16,18-19,22,29-31,41H,7-12,17,20-21,37H2,1-6H3,(H,38,42)/t29?,30-,31?/m0/s1. The van der Waals surface area contributed by atoms with Gasteiger partial charge >= 0.3 is 0 Å². The van der Waals surface area contributed by atoms with Gasteiger partial charge in [0.05, 0.1) is 6.10 Å². The maximum atomic E-state index is 14.3.